The maximum atomic E-state index is 12.5. The zero-order valence-electron chi connectivity index (χ0n) is 9.44. The van der Waals surface area contributed by atoms with E-state index in [2.05, 4.69) is 6.92 Å². The lowest BCUT2D eigenvalue weighted by molar-refractivity contribution is -0.385. The van der Waals surface area contributed by atoms with Crippen LogP contribution < -0.4 is 0 Å². The van der Waals surface area contributed by atoms with E-state index >= 15 is 0 Å². The Morgan fingerprint density at radius 1 is 1.38 bits per heavy atom. The summed E-state index contributed by atoms with van der Waals surface area (Å²) in [4.78, 5) is 10.3. The van der Waals surface area contributed by atoms with Crippen molar-refractivity contribution in [2.45, 2.75) is 25.7 Å². The van der Waals surface area contributed by atoms with E-state index in [0.717, 1.165) is 5.56 Å². The van der Waals surface area contributed by atoms with Gasteiger partial charge in [-0.1, -0.05) is 19.9 Å². The number of rotatable bonds is 4. The van der Waals surface area contributed by atoms with Crippen molar-refractivity contribution in [3.05, 3.63) is 46.4 Å². The van der Waals surface area contributed by atoms with Crippen molar-refractivity contribution in [2.75, 3.05) is 6.67 Å². The molecule has 87 valence electrons. The molecule has 0 aromatic heterocycles. The van der Waals surface area contributed by atoms with Crippen LogP contribution in [0.5, 0.6) is 0 Å². The Bertz CT molecular complexity index is 391. The van der Waals surface area contributed by atoms with Gasteiger partial charge in [0.15, 0.2) is 0 Å². The lowest BCUT2D eigenvalue weighted by Gasteiger charge is -2.11. The van der Waals surface area contributed by atoms with Crippen LogP contribution in [0.25, 0.3) is 0 Å². The minimum absolute atomic E-state index is 0.00306. The third-order valence-electron chi connectivity index (χ3n) is 2.50. The average molecular weight is 224 g/mol. The molecule has 0 aliphatic heterocycles. The Kier molecular flexibility index (Phi) is 3.99. The van der Waals surface area contributed by atoms with Gasteiger partial charge in [-0.2, -0.15) is 0 Å². The van der Waals surface area contributed by atoms with Crippen LogP contribution >= 0.6 is 0 Å². The summed E-state index contributed by atoms with van der Waals surface area (Å²) in [6.45, 7) is 6.90. The number of hydrogen-bond acceptors (Lipinski definition) is 2. The number of non-ortho nitro benzene ring substituents is 1. The van der Waals surface area contributed by atoms with Crippen molar-refractivity contribution < 1.29 is 9.31 Å². The predicted octanol–water partition coefficient (Wildman–Crippen LogP) is 3.61. The smallest absolute Gasteiger partial charge is 0.258 e. The van der Waals surface area contributed by atoms with E-state index in [4.69, 9.17) is 0 Å². The fourth-order valence-electron chi connectivity index (χ4n) is 1.42. The maximum absolute atomic E-state index is 12.5. The second kappa shape index (κ2) is 5.05. The minimum Gasteiger partial charge on any atom is -0.258 e. The van der Waals surface area contributed by atoms with E-state index in [0.29, 0.717) is 5.56 Å². The van der Waals surface area contributed by atoms with Gasteiger partial charge in [0.1, 0.15) is 0 Å². The summed E-state index contributed by atoms with van der Waals surface area (Å²) in [5.74, 6) is -0.372. The van der Waals surface area contributed by atoms with Crippen LogP contribution in [0.1, 0.15) is 36.8 Å². The predicted molar refractivity (Wildman–Crippen MR) is 61.3 cm³/mol. The molecule has 4 heteroatoms. The number of nitrogens with zero attached hydrogens (tertiary/aromatic N) is 1. The van der Waals surface area contributed by atoms with E-state index in [1.807, 2.05) is 13.8 Å². The van der Waals surface area contributed by atoms with Crippen LogP contribution in [0, 0.1) is 17.0 Å². The summed E-state index contributed by atoms with van der Waals surface area (Å²) in [6.07, 6.45) is 0. The van der Waals surface area contributed by atoms with Crippen LogP contribution in [0.4, 0.5) is 10.1 Å². The standard InChI is InChI=1S/C12H15FNO2/c1-8(2)10-4-11(9(3)7-13)6-12(5-10)14(15)16/h4-6,8-9H,3,7H2,1-2H3. The SMILES string of the molecule is [CH2]C(CF)c1cc(C(C)C)cc([N+](=O)[O-])c1. The molecule has 3 nitrogen and oxygen atoms in total. The molecule has 1 rings (SSSR count). The first-order valence-electron chi connectivity index (χ1n) is 5.14. The largest absolute Gasteiger partial charge is 0.269 e. The Balaban J connectivity index is 3.24. The minimum atomic E-state index is -0.612. The molecule has 0 spiro atoms. The summed E-state index contributed by atoms with van der Waals surface area (Å²) in [5.41, 5.74) is 1.43. The van der Waals surface area contributed by atoms with Gasteiger partial charge in [0.05, 0.1) is 11.6 Å². The van der Waals surface area contributed by atoms with Crippen LogP contribution in [-0.2, 0) is 0 Å². The molecular weight excluding hydrogens is 209 g/mol. The summed E-state index contributed by atoms with van der Waals surface area (Å²) in [7, 11) is 0. The Morgan fingerprint density at radius 2 is 1.94 bits per heavy atom. The summed E-state index contributed by atoms with van der Waals surface area (Å²) in [5, 5.41) is 10.7. The number of alkyl halides is 1. The molecule has 1 radical (unpaired) electrons. The summed E-state index contributed by atoms with van der Waals surface area (Å²) in [6, 6.07) is 4.71. The monoisotopic (exact) mass is 224 g/mol. The van der Waals surface area contributed by atoms with Crippen LogP contribution in [0.15, 0.2) is 18.2 Å². The van der Waals surface area contributed by atoms with E-state index < -0.39 is 17.5 Å². The van der Waals surface area contributed by atoms with Crippen molar-refractivity contribution in [1.82, 2.24) is 0 Å². The number of nitro groups is 1. The molecule has 0 heterocycles. The molecular formula is C12H15FNO2. The van der Waals surface area contributed by atoms with Gasteiger partial charge >= 0.3 is 0 Å². The van der Waals surface area contributed by atoms with E-state index in [-0.39, 0.29) is 11.6 Å². The van der Waals surface area contributed by atoms with Gasteiger partial charge in [0.2, 0.25) is 0 Å². The van der Waals surface area contributed by atoms with E-state index in [1.165, 1.54) is 12.1 Å². The van der Waals surface area contributed by atoms with Gasteiger partial charge in [0, 0.05) is 18.1 Å². The fraction of sp³-hybridized carbons (Fsp3) is 0.417. The van der Waals surface area contributed by atoms with E-state index in [1.54, 1.807) is 6.07 Å². The number of hydrogen-bond donors (Lipinski definition) is 0. The normalized spacial score (nSPS) is 12.8. The zero-order valence-corrected chi connectivity index (χ0v) is 9.44. The van der Waals surface area contributed by atoms with Crippen molar-refractivity contribution in [1.29, 1.82) is 0 Å². The highest BCUT2D eigenvalue weighted by molar-refractivity contribution is 5.42. The molecule has 0 fully saturated rings. The summed E-state index contributed by atoms with van der Waals surface area (Å²) < 4.78 is 12.5. The number of benzene rings is 1. The molecule has 0 saturated heterocycles. The molecule has 0 bridgehead atoms. The van der Waals surface area contributed by atoms with E-state index in [9.17, 15) is 14.5 Å². The van der Waals surface area contributed by atoms with Crippen molar-refractivity contribution in [3.63, 3.8) is 0 Å². The molecule has 1 atom stereocenters. The molecule has 1 aromatic rings. The van der Waals surface area contributed by atoms with Crippen molar-refractivity contribution in [2.24, 2.45) is 0 Å². The lowest BCUT2D eigenvalue weighted by atomic mass is 9.94. The van der Waals surface area contributed by atoms with Crippen molar-refractivity contribution >= 4 is 5.69 Å². The molecule has 0 amide bonds. The van der Waals surface area contributed by atoms with Gasteiger partial charge in [-0.05, 0) is 24.0 Å². The van der Waals surface area contributed by atoms with Gasteiger partial charge in [-0.3, -0.25) is 14.5 Å². The Labute approximate surface area is 94.4 Å². The molecule has 0 saturated carbocycles. The highest BCUT2D eigenvalue weighted by Gasteiger charge is 2.15. The first-order valence-corrected chi connectivity index (χ1v) is 5.14. The van der Waals surface area contributed by atoms with Gasteiger partial charge in [-0.25, -0.2) is 0 Å². The van der Waals surface area contributed by atoms with Gasteiger partial charge in [-0.15, -0.1) is 0 Å². The molecule has 1 unspecified atom stereocenters. The fourth-order valence-corrected chi connectivity index (χ4v) is 1.42. The van der Waals surface area contributed by atoms with Crippen LogP contribution in [0.2, 0.25) is 0 Å². The quantitative estimate of drug-likeness (QED) is 0.579. The Morgan fingerprint density at radius 3 is 2.38 bits per heavy atom. The highest BCUT2D eigenvalue weighted by Crippen LogP contribution is 2.27. The van der Waals surface area contributed by atoms with Gasteiger partial charge < -0.3 is 0 Å². The summed E-state index contributed by atoms with van der Waals surface area (Å²) >= 11 is 0. The first-order chi connectivity index (χ1) is 7.45. The second-order valence-electron chi connectivity index (χ2n) is 4.12. The molecule has 0 aliphatic rings. The third kappa shape index (κ3) is 2.78. The number of nitro benzene ring substituents is 1. The molecule has 0 aliphatic carbocycles. The second-order valence-corrected chi connectivity index (χ2v) is 4.12. The maximum Gasteiger partial charge on any atom is 0.269 e. The Hall–Kier alpha value is -1.45. The van der Waals surface area contributed by atoms with Crippen molar-refractivity contribution in [3.8, 4) is 0 Å². The first kappa shape index (κ1) is 12.6. The molecule has 1 aromatic carbocycles. The third-order valence-corrected chi connectivity index (χ3v) is 2.50. The number of halogens is 1. The average Bonchev–Trinajstić information content (AvgIpc) is 2.27. The van der Waals surface area contributed by atoms with Gasteiger partial charge in [0.25, 0.3) is 5.69 Å². The molecule has 0 N–H and O–H groups in total. The lowest BCUT2D eigenvalue weighted by Crippen LogP contribution is -2.00. The zero-order chi connectivity index (χ0) is 12.3. The topological polar surface area (TPSA) is 43.1 Å². The highest BCUT2D eigenvalue weighted by atomic mass is 19.1. The van der Waals surface area contributed by atoms with Crippen LogP contribution in [-0.4, -0.2) is 11.6 Å². The molecule has 16 heavy (non-hydrogen) atoms. The van der Waals surface area contributed by atoms with Crippen LogP contribution in [0.3, 0.4) is 0 Å².